The van der Waals surface area contributed by atoms with Crippen LogP contribution in [0.3, 0.4) is 0 Å². The van der Waals surface area contributed by atoms with E-state index in [1.165, 1.54) is 30.9 Å². The van der Waals surface area contributed by atoms with Crippen molar-refractivity contribution in [1.82, 2.24) is 0 Å². The van der Waals surface area contributed by atoms with Gasteiger partial charge in [-0.2, -0.15) is 0 Å². The summed E-state index contributed by atoms with van der Waals surface area (Å²) in [5.41, 5.74) is 2.17. The van der Waals surface area contributed by atoms with Crippen molar-refractivity contribution in [1.29, 1.82) is 0 Å². The molecule has 0 spiro atoms. The topological polar surface area (TPSA) is 46.5 Å². The molecule has 0 saturated heterocycles. The summed E-state index contributed by atoms with van der Waals surface area (Å²) in [5.74, 6) is -0.212. The molecule has 1 aromatic carbocycles. The van der Waals surface area contributed by atoms with Crippen molar-refractivity contribution >= 4 is 5.97 Å². The Morgan fingerprint density at radius 1 is 1.23 bits per heavy atom. The maximum atomic E-state index is 11.3. The second-order valence-electron chi connectivity index (χ2n) is 7.19. The second kappa shape index (κ2) is 6.82. The number of rotatable bonds is 6. The molecule has 1 saturated carbocycles. The quantitative estimate of drug-likeness (QED) is 0.814. The minimum absolute atomic E-state index is 0.108. The van der Waals surface area contributed by atoms with Gasteiger partial charge < -0.3 is 9.84 Å². The average molecular weight is 304 g/mol. The molecule has 0 aliphatic heterocycles. The van der Waals surface area contributed by atoms with E-state index in [4.69, 9.17) is 9.84 Å². The lowest BCUT2D eigenvalue weighted by Gasteiger charge is -2.37. The van der Waals surface area contributed by atoms with Gasteiger partial charge >= 0.3 is 5.97 Å². The molecule has 1 aliphatic carbocycles. The molecule has 0 radical (unpaired) electrons. The summed E-state index contributed by atoms with van der Waals surface area (Å²) in [6.45, 7) is 5.68. The average Bonchev–Trinajstić information content (AvgIpc) is 2.87. The summed E-state index contributed by atoms with van der Waals surface area (Å²) >= 11 is 0. The van der Waals surface area contributed by atoms with E-state index in [0.717, 1.165) is 19.3 Å². The van der Waals surface area contributed by atoms with E-state index in [-0.39, 0.29) is 18.0 Å². The summed E-state index contributed by atoms with van der Waals surface area (Å²) in [4.78, 5) is 11.3. The Morgan fingerprint density at radius 3 is 2.32 bits per heavy atom. The molecule has 3 heteroatoms. The standard InChI is InChI=1S/C19H28O3/c1-15(21)22-18(2,3)14-19(11-4-5-12-19)17-8-6-16(7-9-17)10-13-20/h6-9,20H,4-5,10-14H2,1-3H3. The molecule has 122 valence electrons. The number of esters is 1. The summed E-state index contributed by atoms with van der Waals surface area (Å²) < 4.78 is 5.54. The van der Waals surface area contributed by atoms with Gasteiger partial charge in [0.25, 0.3) is 0 Å². The van der Waals surface area contributed by atoms with E-state index in [1.54, 1.807) is 0 Å². The molecule has 22 heavy (non-hydrogen) atoms. The second-order valence-corrected chi connectivity index (χ2v) is 7.19. The van der Waals surface area contributed by atoms with E-state index >= 15 is 0 Å². The third-order valence-corrected chi connectivity index (χ3v) is 4.71. The SMILES string of the molecule is CC(=O)OC(C)(C)CC1(c2ccc(CCO)cc2)CCCC1. The summed E-state index contributed by atoms with van der Waals surface area (Å²) in [5, 5.41) is 9.04. The van der Waals surface area contributed by atoms with Gasteiger partial charge in [0.15, 0.2) is 0 Å². The van der Waals surface area contributed by atoms with Crippen molar-refractivity contribution in [2.45, 2.75) is 70.3 Å². The Labute approximate surface area is 133 Å². The fourth-order valence-electron chi connectivity index (χ4n) is 4.01. The van der Waals surface area contributed by atoms with Crippen molar-refractivity contribution in [2.75, 3.05) is 6.61 Å². The predicted molar refractivity (Wildman–Crippen MR) is 87.8 cm³/mol. The molecule has 0 atom stereocenters. The van der Waals surface area contributed by atoms with Gasteiger partial charge in [-0.05, 0) is 56.1 Å². The molecule has 1 aliphatic rings. The van der Waals surface area contributed by atoms with Crippen molar-refractivity contribution < 1.29 is 14.6 Å². The first-order valence-corrected chi connectivity index (χ1v) is 8.27. The normalized spacial score (nSPS) is 17.5. The summed E-state index contributed by atoms with van der Waals surface area (Å²) in [6.07, 6.45) is 6.32. The molecule has 1 aromatic rings. The highest BCUT2D eigenvalue weighted by molar-refractivity contribution is 5.66. The number of hydrogen-bond donors (Lipinski definition) is 1. The lowest BCUT2D eigenvalue weighted by molar-refractivity contribution is -0.155. The molecule has 0 amide bonds. The largest absolute Gasteiger partial charge is 0.460 e. The van der Waals surface area contributed by atoms with E-state index in [0.29, 0.717) is 6.42 Å². The minimum atomic E-state index is -0.445. The van der Waals surface area contributed by atoms with Gasteiger partial charge in [-0.25, -0.2) is 0 Å². The first kappa shape index (κ1) is 17.0. The smallest absolute Gasteiger partial charge is 0.303 e. The Morgan fingerprint density at radius 2 is 1.82 bits per heavy atom. The first-order chi connectivity index (χ1) is 10.4. The van der Waals surface area contributed by atoms with Gasteiger partial charge in [0.05, 0.1) is 0 Å². The van der Waals surface area contributed by atoms with Gasteiger partial charge in [-0.1, -0.05) is 37.1 Å². The number of ether oxygens (including phenoxy) is 1. The maximum absolute atomic E-state index is 11.3. The maximum Gasteiger partial charge on any atom is 0.303 e. The molecule has 3 nitrogen and oxygen atoms in total. The molecule has 1 fully saturated rings. The predicted octanol–water partition coefficient (Wildman–Crippen LogP) is 3.77. The van der Waals surface area contributed by atoms with Gasteiger partial charge in [0.2, 0.25) is 0 Å². The fraction of sp³-hybridized carbons (Fsp3) is 0.632. The molecule has 0 aromatic heterocycles. The van der Waals surface area contributed by atoms with E-state index in [2.05, 4.69) is 24.3 Å². The minimum Gasteiger partial charge on any atom is -0.460 e. The number of aliphatic hydroxyl groups excluding tert-OH is 1. The van der Waals surface area contributed by atoms with Gasteiger partial charge in [0.1, 0.15) is 5.60 Å². The fourth-order valence-corrected chi connectivity index (χ4v) is 4.01. The highest BCUT2D eigenvalue weighted by atomic mass is 16.6. The van der Waals surface area contributed by atoms with Crippen LogP contribution in [-0.4, -0.2) is 23.3 Å². The van der Waals surface area contributed by atoms with Crippen molar-refractivity contribution in [3.63, 3.8) is 0 Å². The summed E-state index contributed by atoms with van der Waals surface area (Å²) in [7, 11) is 0. The van der Waals surface area contributed by atoms with Crippen LogP contribution in [0.5, 0.6) is 0 Å². The Hall–Kier alpha value is -1.35. The zero-order valence-corrected chi connectivity index (χ0v) is 14.0. The van der Waals surface area contributed by atoms with Crippen LogP contribution in [0.1, 0.15) is 64.0 Å². The molecule has 0 bridgehead atoms. The lowest BCUT2D eigenvalue weighted by Crippen LogP contribution is -2.37. The van der Waals surface area contributed by atoms with Crippen LogP contribution >= 0.6 is 0 Å². The first-order valence-electron chi connectivity index (χ1n) is 8.27. The molecule has 0 unspecified atom stereocenters. The third-order valence-electron chi connectivity index (χ3n) is 4.71. The Kier molecular flexibility index (Phi) is 5.28. The van der Waals surface area contributed by atoms with Crippen LogP contribution in [0.2, 0.25) is 0 Å². The lowest BCUT2D eigenvalue weighted by atomic mass is 9.71. The van der Waals surface area contributed by atoms with Gasteiger partial charge in [0, 0.05) is 13.5 Å². The van der Waals surface area contributed by atoms with Crippen molar-refractivity contribution in [2.24, 2.45) is 0 Å². The zero-order chi connectivity index (χ0) is 16.2. The van der Waals surface area contributed by atoms with Gasteiger partial charge in [-0.15, -0.1) is 0 Å². The molecular formula is C19H28O3. The molecular weight excluding hydrogens is 276 g/mol. The number of carbonyl (C=O) groups excluding carboxylic acids is 1. The van der Waals surface area contributed by atoms with Crippen LogP contribution in [0, 0.1) is 0 Å². The Balaban J connectivity index is 2.22. The highest BCUT2D eigenvalue weighted by Crippen LogP contribution is 2.47. The van der Waals surface area contributed by atoms with E-state index < -0.39 is 5.60 Å². The van der Waals surface area contributed by atoms with E-state index in [1.807, 2.05) is 13.8 Å². The molecule has 2 rings (SSSR count). The molecule has 0 heterocycles. The highest BCUT2D eigenvalue weighted by Gasteiger charge is 2.41. The van der Waals surface area contributed by atoms with Crippen LogP contribution in [-0.2, 0) is 21.4 Å². The number of benzene rings is 1. The van der Waals surface area contributed by atoms with Crippen LogP contribution in [0.15, 0.2) is 24.3 Å². The molecule has 1 N–H and O–H groups in total. The summed E-state index contributed by atoms with van der Waals surface area (Å²) in [6, 6.07) is 8.62. The Bertz CT molecular complexity index is 496. The third kappa shape index (κ3) is 4.10. The monoisotopic (exact) mass is 304 g/mol. The van der Waals surface area contributed by atoms with Crippen LogP contribution in [0.4, 0.5) is 0 Å². The number of carbonyl (C=O) groups is 1. The number of aliphatic hydroxyl groups is 1. The number of hydrogen-bond acceptors (Lipinski definition) is 3. The van der Waals surface area contributed by atoms with Crippen LogP contribution < -0.4 is 0 Å². The van der Waals surface area contributed by atoms with E-state index in [9.17, 15) is 4.79 Å². The zero-order valence-electron chi connectivity index (χ0n) is 14.0. The van der Waals surface area contributed by atoms with Crippen molar-refractivity contribution in [3.05, 3.63) is 35.4 Å². The van der Waals surface area contributed by atoms with Crippen molar-refractivity contribution in [3.8, 4) is 0 Å². The van der Waals surface area contributed by atoms with Crippen LogP contribution in [0.25, 0.3) is 0 Å². The van der Waals surface area contributed by atoms with Gasteiger partial charge in [-0.3, -0.25) is 4.79 Å².